The van der Waals surface area contributed by atoms with Crippen molar-refractivity contribution in [3.05, 3.63) is 12.4 Å². The first kappa shape index (κ1) is 14.1. The highest BCUT2D eigenvalue weighted by Gasteiger charge is 2.20. The zero-order chi connectivity index (χ0) is 13.5. The predicted octanol–water partition coefficient (Wildman–Crippen LogP) is 1.90. The molecule has 0 amide bonds. The summed E-state index contributed by atoms with van der Waals surface area (Å²) in [5.74, 6) is 2.38. The number of anilines is 2. The van der Waals surface area contributed by atoms with E-state index in [-0.39, 0.29) is 6.61 Å². The quantitative estimate of drug-likeness (QED) is 0.821. The van der Waals surface area contributed by atoms with E-state index in [1.165, 1.54) is 12.8 Å². The SMILES string of the molecule is CCCNc1cncc(N2CCCC(CCO)C2)n1. The number of hydrogen-bond acceptors (Lipinski definition) is 5. The van der Waals surface area contributed by atoms with E-state index < -0.39 is 0 Å². The third-order valence-corrected chi connectivity index (χ3v) is 3.56. The maximum atomic E-state index is 9.06. The Bertz CT molecular complexity index is 383. The summed E-state index contributed by atoms with van der Waals surface area (Å²) >= 11 is 0. The molecule has 19 heavy (non-hydrogen) atoms. The van der Waals surface area contributed by atoms with Crippen molar-refractivity contribution in [2.75, 3.05) is 36.5 Å². The van der Waals surface area contributed by atoms with Gasteiger partial charge in [-0.05, 0) is 31.6 Å². The molecule has 1 saturated heterocycles. The average Bonchev–Trinajstić information content (AvgIpc) is 2.46. The normalized spacial score (nSPS) is 19.5. The smallest absolute Gasteiger partial charge is 0.149 e. The van der Waals surface area contributed by atoms with Gasteiger partial charge in [0.1, 0.15) is 11.6 Å². The van der Waals surface area contributed by atoms with Crippen LogP contribution in [0.1, 0.15) is 32.6 Å². The summed E-state index contributed by atoms with van der Waals surface area (Å²) in [7, 11) is 0. The van der Waals surface area contributed by atoms with E-state index in [2.05, 4.69) is 27.1 Å². The highest BCUT2D eigenvalue weighted by Crippen LogP contribution is 2.23. The lowest BCUT2D eigenvalue weighted by Crippen LogP contribution is -2.36. The molecule has 2 heterocycles. The second-order valence-corrected chi connectivity index (χ2v) is 5.16. The summed E-state index contributed by atoms with van der Waals surface area (Å²) in [6, 6.07) is 0. The Hall–Kier alpha value is -1.36. The van der Waals surface area contributed by atoms with Crippen LogP contribution < -0.4 is 10.2 Å². The van der Waals surface area contributed by atoms with Gasteiger partial charge in [-0.2, -0.15) is 0 Å². The first-order chi connectivity index (χ1) is 9.33. The lowest BCUT2D eigenvalue weighted by atomic mass is 9.95. The first-order valence-corrected chi connectivity index (χ1v) is 7.25. The Kier molecular flexibility index (Phi) is 5.39. The lowest BCUT2D eigenvalue weighted by molar-refractivity contribution is 0.244. The molecule has 0 saturated carbocycles. The van der Waals surface area contributed by atoms with Crippen molar-refractivity contribution in [2.45, 2.75) is 32.6 Å². The number of nitrogens with zero attached hydrogens (tertiary/aromatic N) is 3. The van der Waals surface area contributed by atoms with Crippen LogP contribution >= 0.6 is 0 Å². The van der Waals surface area contributed by atoms with Crippen molar-refractivity contribution < 1.29 is 5.11 Å². The number of piperidine rings is 1. The van der Waals surface area contributed by atoms with Crippen LogP contribution in [0.3, 0.4) is 0 Å². The number of rotatable bonds is 6. The summed E-state index contributed by atoms with van der Waals surface area (Å²) in [6.07, 6.45) is 7.94. The highest BCUT2D eigenvalue weighted by atomic mass is 16.3. The van der Waals surface area contributed by atoms with Crippen LogP contribution in [0.5, 0.6) is 0 Å². The lowest BCUT2D eigenvalue weighted by Gasteiger charge is -2.33. The Morgan fingerprint density at radius 3 is 3.16 bits per heavy atom. The van der Waals surface area contributed by atoms with Crippen LogP contribution in [0.15, 0.2) is 12.4 Å². The van der Waals surface area contributed by atoms with E-state index >= 15 is 0 Å². The number of nitrogens with one attached hydrogen (secondary N) is 1. The molecule has 0 spiro atoms. The van der Waals surface area contributed by atoms with Gasteiger partial charge in [0.2, 0.25) is 0 Å². The molecular weight excluding hydrogens is 240 g/mol. The van der Waals surface area contributed by atoms with Gasteiger partial charge in [-0.25, -0.2) is 4.98 Å². The van der Waals surface area contributed by atoms with Crippen LogP contribution in [-0.2, 0) is 0 Å². The van der Waals surface area contributed by atoms with Gasteiger partial charge >= 0.3 is 0 Å². The molecule has 1 aromatic heterocycles. The Morgan fingerprint density at radius 2 is 2.37 bits per heavy atom. The van der Waals surface area contributed by atoms with Gasteiger partial charge in [0.25, 0.3) is 0 Å². The van der Waals surface area contributed by atoms with E-state index in [4.69, 9.17) is 5.11 Å². The van der Waals surface area contributed by atoms with Gasteiger partial charge in [0.05, 0.1) is 12.4 Å². The van der Waals surface area contributed by atoms with E-state index in [0.29, 0.717) is 5.92 Å². The second kappa shape index (κ2) is 7.28. The van der Waals surface area contributed by atoms with Crippen LogP contribution in [0.4, 0.5) is 11.6 Å². The maximum absolute atomic E-state index is 9.06. The summed E-state index contributed by atoms with van der Waals surface area (Å²) in [5, 5.41) is 12.3. The predicted molar refractivity (Wildman–Crippen MR) is 77.5 cm³/mol. The standard InChI is InChI=1S/C14H24N4O/c1-2-6-16-13-9-15-10-14(17-13)18-7-3-4-12(11-18)5-8-19/h9-10,12,19H,2-8,11H2,1H3,(H,16,17). The molecule has 2 N–H and O–H groups in total. The third-order valence-electron chi connectivity index (χ3n) is 3.56. The fourth-order valence-corrected chi connectivity index (χ4v) is 2.54. The van der Waals surface area contributed by atoms with Crippen molar-refractivity contribution in [3.63, 3.8) is 0 Å². The van der Waals surface area contributed by atoms with E-state index in [0.717, 1.165) is 44.1 Å². The van der Waals surface area contributed by atoms with Crippen molar-refractivity contribution in [1.82, 2.24) is 9.97 Å². The molecule has 5 nitrogen and oxygen atoms in total. The number of hydrogen-bond donors (Lipinski definition) is 2. The van der Waals surface area contributed by atoms with Crippen molar-refractivity contribution in [2.24, 2.45) is 5.92 Å². The molecule has 5 heteroatoms. The van der Waals surface area contributed by atoms with Gasteiger partial charge in [0.15, 0.2) is 0 Å². The largest absolute Gasteiger partial charge is 0.396 e. The molecule has 0 radical (unpaired) electrons. The zero-order valence-electron chi connectivity index (χ0n) is 11.7. The zero-order valence-corrected chi connectivity index (χ0v) is 11.7. The summed E-state index contributed by atoms with van der Waals surface area (Å²) in [4.78, 5) is 11.2. The fraction of sp³-hybridized carbons (Fsp3) is 0.714. The van der Waals surface area contributed by atoms with Gasteiger partial charge in [0, 0.05) is 26.2 Å². The second-order valence-electron chi connectivity index (χ2n) is 5.16. The highest BCUT2D eigenvalue weighted by molar-refractivity contribution is 5.44. The van der Waals surface area contributed by atoms with Gasteiger partial charge < -0.3 is 15.3 Å². The third kappa shape index (κ3) is 4.06. The number of aliphatic hydroxyl groups excluding tert-OH is 1. The van der Waals surface area contributed by atoms with Gasteiger partial charge in [-0.3, -0.25) is 4.98 Å². The molecule has 0 aliphatic carbocycles. The van der Waals surface area contributed by atoms with E-state index in [1.807, 2.05) is 6.20 Å². The molecule has 2 rings (SSSR count). The molecular formula is C14H24N4O. The molecule has 0 aromatic carbocycles. The van der Waals surface area contributed by atoms with Crippen LogP contribution in [-0.4, -0.2) is 41.3 Å². The number of aliphatic hydroxyl groups is 1. The minimum atomic E-state index is 0.280. The molecule has 1 unspecified atom stereocenters. The molecule has 0 bridgehead atoms. The molecule has 1 fully saturated rings. The topological polar surface area (TPSA) is 61.3 Å². The van der Waals surface area contributed by atoms with E-state index in [9.17, 15) is 0 Å². The van der Waals surface area contributed by atoms with Gasteiger partial charge in [-0.15, -0.1) is 0 Å². The number of aromatic nitrogens is 2. The maximum Gasteiger partial charge on any atom is 0.149 e. The van der Waals surface area contributed by atoms with Crippen LogP contribution in [0.25, 0.3) is 0 Å². The monoisotopic (exact) mass is 264 g/mol. The minimum Gasteiger partial charge on any atom is -0.396 e. The molecule has 1 aliphatic rings. The molecule has 106 valence electrons. The summed E-state index contributed by atoms with van der Waals surface area (Å²) in [6.45, 7) is 5.35. The van der Waals surface area contributed by atoms with Gasteiger partial charge in [-0.1, -0.05) is 6.92 Å². The van der Waals surface area contributed by atoms with Crippen LogP contribution in [0, 0.1) is 5.92 Å². The first-order valence-electron chi connectivity index (χ1n) is 7.25. The Morgan fingerprint density at radius 1 is 1.47 bits per heavy atom. The average molecular weight is 264 g/mol. The Labute approximate surface area is 115 Å². The fourth-order valence-electron chi connectivity index (χ4n) is 2.54. The Balaban J connectivity index is 1.99. The molecule has 1 aromatic rings. The molecule has 1 atom stereocenters. The van der Waals surface area contributed by atoms with Crippen LogP contribution in [0.2, 0.25) is 0 Å². The molecule has 1 aliphatic heterocycles. The summed E-state index contributed by atoms with van der Waals surface area (Å²) in [5.41, 5.74) is 0. The van der Waals surface area contributed by atoms with E-state index in [1.54, 1.807) is 6.20 Å². The summed E-state index contributed by atoms with van der Waals surface area (Å²) < 4.78 is 0. The van der Waals surface area contributed by atoms with Crippen molar-refractivity contribution in [3.8, 4) is 0 Å². The minimum absolute atomic E-state index is 0.280. The van der Waals surface area contributed by atoms with Crippen molar-refractivity contribution in [1.29, 1.82) is 0 Å². The van der Waals surface area contributed by atoms with Crippen molar-refractivity contribution >= 4 is 11.6 Å².